The van der Waals surface area contributed by atoms with Crippen LogP contribution in [0.3, 0.4) is 0 Å². The number of hydrogen-bond acceptors (Lipinski definition) is 0. The predicted molar refractivity (Wildman–Crippen MR) is 20.9 cm³/mol. The van der Waals surface area contributed by atoms with Gasteiger partial charge < -0.3 is 0 Å². The fourth-order valence-electron chi connectivity index (χ4n) is 0. The van der Waals surface area contributed by atoms with Crippen molar-refractivity contribution in [2.75, 3.05) is 0 Å². The Bertz CT molecular complexity index is 45.6. The molecule has 0 spiro atoms. The molecule has 0 saturated carbocycles. The van der Waals surface area contributed by atoms with E-state index in [2.05, 4.69) is 0 Å². The third kappa shape index (κ3) is 4.25. The van der Waals surface area contributed by atoms with Gasteiger partial charge in [0.15, 0.2) is 0 Å². The Morgan fingerprint density at radius 3 is 1.80 bits per heavy atom. The zero-order valence-corrected chi connectivity index (χ0v) is 3.72. The van der Waals surface area contributed by atoms with Crippen molar-refractivity contribution in [2.45, 2.75) is 0 Å². The highest BCUT2D eigenvalue weighted by Crippen LogP contribution is 2.04. The van der Waals surface area contributed by atoms with E-state index in [4.69, 9.17) is 23.2 Å². The van der Waals surface area contributed by atoms with Crippen molar-refractivity contribution in [3.63, 3.8) is 0 Å². The van der Waals surface area contributed by atoms with E-state index < -0.39 is 0 Å². The molecule has 0 radical (unpaired) electrons. The first kappa shape index (κ1) is 5.25. The Balaban J connectivity index is 3.14. The minimum Gasteiger partial charge on any atom is -0.213 e. The lowest BCUT2D eigenvalue weighted by atomic mass is 11.2. The largest absolute Gasteiger partial charge is 0.213 e. The number of hydrogen-bond donors (Lipinski definition) is 0. The lowest BCUT2D eigenvalue weighted by Crippen LogP contribution is -1.35. The van der Waals surface area contributed by atoms with Gasteiger partial charge >= 0.3 is 0 Å². The van der Waals surface area contributed by atoms with Crippen molar-refractivity contribution in [1.29, 1.82) is 0 Å². The molecule has 0 aliphatic carbocycles. The molecule has 0 bridgehead atoms. The van der Waals surface area contributed by atoms with Crippen LogP contribution in [0.25, 0.3) is 0 Å². The van der Waals surface area contributed by atoms with Gasteiger partial charge in [-0.3, -0.25) is 0 Å². The molecule has 0 saturated heterocycles. The first-order chi connectivity index (χ1) is 2.27. The molecule has 0 amide bonds. The summed E-state index contributed by atoms with van der Waals surface area (Å²) in [6.45, 7) is 0. The van der Waals surface area contributed by atoms with Crippen LogP contribution in [0.15, 0.2) is 10.8 Å². The van der Waals surface area contributed by atoms with Crippen molar-refractivity contribution < 1.29 is 4.39 Å². The van der Waals surface area contributed by atoms with Gasteiger partial charge in [-0.25, -0.2) is 4.39 Å². The Morgan fingerprint density at radius 1 is 1.60 bits per heavy atom. The minimum absolute atomic E-state index is 0.114. The van der Waals surface area contributed by atoms with Crippen LogP contribution in [-0.2, 0) is 0 Å². The smallest absolute Gasteiger partial charge is 0.134 e. The van der Waals surface area contributed by atoms with E-state index in [0.717, 1.165) is 0 Å². The van der Waals surface area contributed by atoms with Crippen LogP contribution in [0.1, 0.15) is 0 Å². The molecule has 0 fully saturated rings. The average Bonchev–Trinajstić information content (AvgIpc) is 1.38. The molecule has 0 rings (SSSR count). The Hall–Kier alpha value is 0.250. The third-order valence-corrected chi connectivity index (χ3v) is 0.247. The topological polar surface area (TPSA) is 0 Å². The third-order valence-electron chi connectivity index (χ3n) is 0.0825. The first-order valence-electron chi connectivity index (χ1n) is 0.885. The van der Waals surface area contributed by atoms with Crippen LogP contribution in [0.2, 0.25) is 0 Å². The van der Waals surface area contributed by atoms with Gasteiger partial charge in [0.05, 0.1) is 0 Å². The van der Waals surface area contributed by atoms with Gasteiger partial charge in [-0.2, -0.15) is 0 Å². The Morgan fingerprint density at radius 2 is 1.80 bits per heavy atom. The molecule has 0 nitrogen and oxygen atoms in total. The zero-order chi connectivity index (χ0) is 4.28. The molecule has 0 heterocycles. The predicted octanol–water partition coefficient (Wildman–Crippen LogP) is 2.23. The van der Waals surface area contributed by atoms with Crippen LogP contribution in [0.4, 0.5) is 4.39 Å². The van der Waals surface area contributed by atoms with Crippen molar-refractivity contribution >= 4 is 23.2 Å². The number of halogens is 3. The monoisotopic (exact) mass is 114 g/mol. The highest BCUT2D eigenvalue weighted by Gasteiger charge is 1.72. The van der Waals surface area contributed by atoms with E-state index in [9.17, 15) is 4.39 Å². The lowest BCUT2D eigenvalue weighted by Gasteiger charge is -1.63. The maximum Gasteiger partial charge on any atom is 0.134 e. The summed E-state index contributed by atoms with van der Waals surface area (Å²) in [4.78, 5) is 0. The molecule has 3 heteroatoms. The van der Waals surface area contributed by atoms with Crippen LogP contribution in [-0.4, -0.2) is 0 Å². The summed E-state index contributed by atoms with van der Waals surface area (Å²) in [7, 11) is 0. The normalized spacial score (nSPS) is 7.00. The van der Waals surface area contributed by atoms with Gasteiger partial charge in [0.2, 0.25) is 0 Å². The standard InChI is InChI=1S/C2HCl2F/c3-2(4)1-5/h1H. The summed E-state index contributed by atoms with van der Waals surface area (Å²) >= 11 is 9.43. The Kier molecular flexibility index (Phi) is 2.61. The SMILES string of the molecule is FC=C(Cl)Cl. The summed E-state index contributed by atoms with van der Waals surface area (Å²) in [5.41, 5.74) is 0. The van der Waals surface area contributed by atoms with Crippen molar-refractivity contribution in [1.82, 2.24) is 0 Å². The molecule has 0 aliphatic rings. The van der Waals surface area contributed by atoms with Crippen molar-refractivity contribution in [3.05, 3.63) is 10.8 Å². The van der Waals surface area contributed by atoms with Gasteiger partial charge in [-0.15, -0.1) is 0 Å². The van der Waals surface area contributed by atoms with E-state index in [1.807, 2.05) is 0 Å². The molecule has 0 aromatic rings. The van der Waals surface area contributed by atoms with Crippen LogP contribution >= 0.6 is 23.2 Å². The van der Waals surface area contributed by atoms with Gasteiger partial charge in [0.1, 0.15) is 10.8 Å². The molecule has 0 unspecified atom stereocenters. The molecular formula is C2HCl2F. The molecule has 0 N–H and O–H groups in total. The summed E-state index contributed by atoms with van der Waals surface area (Å²) in [6, 6.07) is 0. The molecule has 30 valence electrons. The van der Waals surface area contributed by atoms with E-state index in [1.54, 1.807) is 0 Å². The quantitative estimate of drug-likeness (QED) is 0.454. The van der Waals surface area contributed by atoms with Gasteiger partial charge in [-0.1, -0.05) is 23.2 Å². The second-order valence-corrected chi connectivity index (χ2v) is 1.41. The highest BCUT2D eigenvalue weighted by molar-refractivity contribution is 6.55. The maximum atomic E-state index is 10.7. The average molecular weight is 115 g/mol. The van der Waals surface area contributed by atoms with Crippen LogP contribution in [0.5, 0.6) is 0 Å². The van der Waals surface area contributed by atoms with Gasteiger partial charge in [-0.05, 0) is 0 Å². The fourth-order valence-corrected chi connectivity index (χ4v) is 0. The first-order valence-corrected chi connectivity index (χ1v) is 1.64. The highest BCUT2D eigenvalue weighted by atomic mass is 35.5. The van der Waals surface area contributed by atoms with Gasteiger partial charge in [0.25, 0.3) is 0 Å². The minimum atomic E-state index is -0.343. The molecule has 0 aromatic heterocycles. The van der Waals surface area contributed by atoms with Crippen LogP contribution < -0.4 is 0 Å². The lowest BCUT2D eigenvalue weighted by molar-refractivity contribution is 0.721. The van der Waals surface area contributed by atoms with Crippen molar-refractivity contribution in [2.24, 2.45) is 0 Å². The summed E-state index contributed by atoms with van der Waals surface area (Å²) in [5, 5.41) is 0. The summed E-state index contributed by atoms with van der Waals surface area (Å²) in [5.74, 6) is 0. The van der Waals surface area contributed by atoms with E-state index >= 15 is 0 Å². The molecule has 0 aliphatic heterocycles. The van der Waals surface area contributed by atoms with E-state index in [0.29, 0.717) is 0 Å². The van der Waals surface area contributed by atoms with E-state index in [-0.39, 0.29) is 10.8 Å². The van der Waals surface area contributed by atoms with Crippen LogP contribution in [0, 0.1) is 0 Å². The molecule has 5 heavy (non-hydrogen) atoms. The fraction of sp³-hybridized carbons (Fsp3) is 0. The summed E-state index contributed by atoms with van der Waals surface area (Å²) in [6.07, 6.45) is 0.114. The maximum absolute atomic E-state index is 10.7. The van der Waals surface area contributed by atoms with Crippen molar-refractivity contribution in [3.8, 4) is 0 Å². The zero-order valence-electron chi connectivity index (χ0n) is 2.21. The van der Waals surface area contributed by atoms with E-state index in [1.165, 1.54) is 0 Å². The van der Waals surface area contributed by atoms with Gasteiger partial charge in [0, 0.05) is 0 Å². The Labute approximate surface area is 39.2 Å². The molecular weight excluding hydrogens is 114 g/mol. The molecule has 0 aromatic carbocycles. The molecule has 0 atom stereocenters. The summed E-state index contributed by atoms with van der Waals surface area (Å²) < 4.78 is 10.3. The second-order valence-electron chi connectivity index (χ2n) is 0.399. The second kappa shape index (κ2) is 2.49. The number of rotatable bonds is 0.